The number of aromatic nitrogens is 2. The first-order chi connectivity index (χ1) is 11.5. The third-order valence-electron chi connectivity index (χ3n) is 3.85. The van der Waals surface area contributed by atoms with Gasteiger partial charge in [-0.25, -0.2) is 9.37 Å². The van der Waals surface area contributed by atoms with Gasteiger partial charge in [-0.1, -0.05) is 12.1 Å². The molecule has 1 amide bonds. The van der Waals surface area contributed by atoms with Gasteiger partial charge in [-0.2, -0.15) is 0 Å². The maximum Gasteiger partial charge on any atom is 0.265 e. The van der Waals surface area contributed by atoms with Crippen molar-refractivity contribution in [1.82, 2.24) is 14.9 Å². The van der Waals surface area contributed by atoms with Gasteiger partial charge in [0, 0.05) is 12.1 Å². The van der Waals surface area contributed by atoms with Gasteiger partial charge in [-0.15, -0.1) is 0 Å². The quantitative estimate of drug-likeness (QED) is 0.795. The molecule has 0 radical (unpaired) electrons. The SMILES string of the molecule is Cc1oc2ncn(CC(=O)NCc3cccc(F)c3)c(=O)c2c1C. The molecule has 0 fully saturated rings. The molecule has 3 rings (SSSR count). The Hall–Kier alpha value is -2.96. The first-order valence-electron chi connectivity index (χ1n) is 7.42. The molecule has 2 heterocycles. The van der Waals surface area contributed by atoms with E-state index in [9.17, 15) is 14.0 Å². The number of rotatable bonds is 4. The molecule has 124 valence electrons. The van der Waals surface area contributed by atoms with E-state index in [0.717, 1.165) is 5.56 Å². The Labute approximate surface area is 136 Å². The minimum atomic E-state index is -0.363. The van der Waals surface area contributed by atoms with Crippen molar-refractivity contribution in [2.24, 2.45) is 0 Å². The van der Waals surface area contributed by atoms with Crippen LogP contribution in [0.25, 0.3) is 11.1 Å². The predicted octanol–water partition coefficient (Wildman–Crippen LogP) is 2.06. The number of amides is 1. The monoisotopic (exact) mass is 329 g/mol. The molecule has 0 aliphatic carbocycles. The van der Waals surface area contributed by atoms with E-state index in [-0.39, 0.29) is 36.1 Å². The summed E-state index contributed by atoms with van der Waals surface area (Å²) in [6.45, 7) is 3.55. The number of carbonyl (C=O) groups excluding carboxylic acids is 1. The number of hydrogen-bond acceptors (Lipinski definition) is 4. The second kappa shape index (κ2) is 6.27. The Bertz CT molecular complexity index is 975. The molecule has 1 aromatic carbocycles. The van der Waals surface area contributed by atoms with E-state index in [1.54, 1.807) is 26.0 Å². The van der Waals surface area contributed by atoms with Crippen molar-refractivity contribution in [1.29, 1.82) is 0 Å². The summed E-state index contributed by atoms with van der Waals surface area (Å²) in [7, 11) is 0. The molecule has 0 spiro atoms. The van der Waals surface area contributed by atoms with Crippen LogP contribution in [-0.4, -0.2) is 15.5 Å². The topological polar surface area (TPSA) is 77.1 Å². The summed E-state index contributed by atoms with van der Waals surface area (Å²) in [5.41, 5.74) is 1.31. The third kappa shape index (κ3) is 3.05. The van der Waals surface area contributed by atoms with Crippen LogP contribution < -0.4 is 10.9 Å². The van der Waals surface area contributed by atoms with Gasteiger partial charge in [0.2, 0.25) is 11.6 Å². The maximum absolute atomic E-state index is 13.1. The highest BCUT2D eigenvalue weighted by Gasteiger charge is 2.15. The van der Waals surface area contributed by atoms with E-state index >= 15 is 0 Å². The molecule has 0 unspecified atom stereocenters. The van der Waals surface area contributed by atoms with E-state index in [1.807, 2.05) is 0 Å². The largest absolute Gasteiger partial charge is 0.443 e. The van der Waals surface area contributed by atoms with Crippen LogP contribution in [0.5, 0.6) is 0 Å². The van der Waals surface area contributed by atoms with Crippen molar-refractivity contribution >= 4 is 17.0 Å². The number of nitrogens with one attached hydrogen (secondary N) is 1. The molecular formula is C17H16FN3O3. The number of fused-ring (bicyclic) bond motifs is 1. The summed E-state index contributed by atoms with van der Waals surface area (Å²) in [6, 6.07) is 5.96. The van der Waals surface area contributed by atoms with E-state index in [4.69, 9.17) is 4.42 Å². The Morgan fingerprint density at radius 2 is 2.17 bits per heavy atom. The van der Waals surface area contributed by atoms with Crippen LogP contribution in [-0.2, 0) is 17.9 Å². The van der Waals surface area contributed by atoms with Gasteiger partial charge >= 0.3 is 0 Å². The molecule has 0 saturated heterocycles. The second-order valence-corrected chi connectivity index (χ2v) is 5.55. The highest BCUT2D eigenvalue weighted by molar-refractivity contribution is 5.79. The lowest BCUT2D eigenvalue weighted by Gasteiger charge is -2.07. The average molecular weight is 329 g/mol. The van der Waals surface area contributed by atoms with E-state index in [0.29, 0.717) is 16.7 Å². The summed E-state index contributed by atoms with van der Waals surface area (Å²) < 4.78 is 19.7. The number of benzene rings is 1. The fourth-order valence-corrected chi connectivity index (χ4v) is 2.44. The molecule has 0 bridgehead atoms. The lowest BCUT2D eigenvalue weighted by Crippen LogP contribution is -2.32. The molecule has 0 aliphatic rings. The number of carbonyl (C=O) groups is 1. The molecule has 3 aromatic rings. The maximum atomic E-state index is 13.1. The van der Waals surface area contributed by atoms with Gasteiger partial charge in [0.15, 0.2) is 0 Å². The third-order valence-corrected chi connectivity index (χ3v) is 3.85. The van der Waals surface area contributed by atoms with Crippen LogP contribution in [0.15, 0.2) is 39.8 Å². The molecular weight excluding hydrogens is 313 g/mol. The molecule has 0 atom stereocenters. The number of aryl methyl sites for hydroxylation is 2. The normalized spacial score (nSPS) is 11.0. The average Bonchev–Trinajstić information content (AvgIpc) is 2.84. The molecule has 0 saturated carbocycles. The van der Waals surface area contributed by atoms with Crippen LogP contribution in [0.4, 0.5) is 4.39 Å². The summed E-state index contributed by atoms with van der Waals surface area (Å²) in [5.74, 6) is -0.0956. The standard InChI is InChI=1S/C17H16FN3O3/c1-10-11(2)24-16-15(10)17(23)21(9-20-16)8-14(22)19-7-12-4-3-5-13(18)6-12/h3-6,9H,7-8H2,1-2H3,(H,19,22). The summed E-state index contributed by atoms with van der Waals surface area (Å²) in [6.07, 6.45) is 1.29. The van der Waals surface area contributed by atoms with Crippen LogP contribution in [0.3, 0.4) is 0 Å². The van der Waals surface area contributed by atoms with Gasteiger partial charge in [-0.05, 0) is 31.5 Å². The summed E-state index contributed by atoms with van der Waals surface area (Å²) in [4.78, 5) is 28.6. The number of halogens is 1. The minimum Gasteiger partial charge on any atom is -0.443 e. The molecule has 24 heavy (non-hydrogen) atoms. The molecule has 7 heteroatoms. The zero-order valence-corrected chi connectivity index (χ0v) is 13.3. The van der Waals surface area contributed by atoms with Crippen LogP contribution in [0.1, 0.15) is 16.9 Å². The van der Waals surface area contributed by atoms with Crippen LogP contribution in [0.2, 0.25) is 0 Å². The first kappa shape index (κ1) is 15.9. The smallest absolute Gasteiger partial charge is 0.265 e. The Morgan fingerprint density at radius 1 is 1.38 bits per heavy atom. The van der Waals surface area contributed by atoms with Gasteiger partial charge in [0.1, 0.15) is 29.8 Å². The minimum absolute atomic E-state index is 0.166. The van der Waals surface area contributed by atoms with Crippen molar-refractivity contribution in [2.45, 2.75) is 26.9 Å². The van der Waals surface area contributed by atoms with Gasteiger partial charge in [0.05, 0.1) is 0 Å². The zero-order valence-electron chi connectivity index (χ0n) is 13.3. The van der Waals surface area contributed by atoms with Crippen molar-refractivity contribution in [3.8, 4) is 0 Å². The highest BCUT2D eigenvalue weighted by Crippen LogP contribution is 2.18. The van der Waals surface area contributed by atoms with Gasteiger partial charge < -0.3 is 9.73 Å². The summed E-state index contributed by atoms with van der Waals surface area (Å²) >= 11 is 0. The number of hydrogen-bond donors (Lipinski definition) is 1. The Kier molecular flexibility index (Phi) is 4.16. The first-order valence-corrected chi connectivity index (χ1v) is 7.42. The fourth-order valence-electron chi connectivity index (χ4n) is 2.44. The lowest BCUT2D eigenvalue weighted by atomic mass is 10.2. The van der Waals surface area contributed by atoms with Crippen molar-refractivity contribution in [2.75, 3.05) is 0 Å². The van der Waals surface area contributed by atoms with E-state index in [1.165, 1.54) is 23.0 Å². The predicted molar refractivity (Wildman–Crippen MR) is 86.0 cm³/mol. The van der Waals surface area contributed by atoms with E-state index < -0.39 is 0 Å². The Balaban J connectivity index is 1.75. The number of furan rings is 1. The van der Waals surface area contributed by atoms with Gasteiger partial charge in [0.25, 0.3) is 5.56 Å². The lowest BCUT2D eigenvalue weighted by molar-refractivity contribution is -0.121. The molecule has 2 aromatic heterocycles. The highest BCUT2D eigenvalue weighted by atomic mass is 19.1. The number of nitrogens with zero attached hydrogens (tertiary/aromatic N) is 2. The molecule has 0 aliphatic heterocycles. The van der Waals surface area contributed by atoms with Gasteiger partial charge in [-0.3, -0.25) is 14.2 Å². The molecule has 1 N–H and O–H groups in total. The fraction of sp³-hybridized carbons (Fsp3) is 0.235. The second-order valence-electron chi connectivity index (χ2n) is 5.55. The zero-order chi connectivity index (χ0) is 17.3. The summed E-state index contributed by atoms with van der Waals surface area (Å²) in [5, 5.41) is 3.04. The van der Waals surface area contributed by atoms with Crippen molar-refractivity contribution in [3.05, 3.63) is 63.7 Å². The van der Waals surface area contributed by atoms with Crippen molar-refractivity contribution < 1.29 is 13.6 Å². The van der Waals surface area contributed by atoms with Crippen molar-refractivity contribution in [3.63, 3.8) is 0 Å². The van der Waals surface area contributed by atoms with E-state index in [2.05, 4.69) is 10.3 Å². The Morgan fingerprint density at radius 3 is 2.92 bits per heavy atom. The van der Waals surface area contributed by atoms with Crippen LogP contribution in [0, 0.1) is 19.7 Å². The molecule has 6 nitrogen and oxygen atoms in total. The van der Waals surface area contributed by atoms with Crippen LogP contribution >= 0.6 is 0 Å².